The van der Waals surface area contributed by atoms with Crippen LogP contribution in [0.2, 0.25) is 0 Å². The molecule has 0 saturated carbocycles. The van der Waals surface area contributed by atoms with Gasteiger partial charge in [0.15, 0.2) is 0 Å². The molecule has 0 radical (unpaired) electrons. The number of carbonyl (C=O) groups excluding carboxylic acids is 1. The van der Waals surface area contributed by atoms with Gasteiger partial charge >= 0.3 is 0 Å². The van der Waals surface area contributed by atoms with E-state index in [1.54, 1.807) is 7.11 Å². The van der Waals surface area contributed by atoms with E-state index in [1.807, 2.05) is 45.0 Å². The lowest BCUT2D eigenvalue weighted by molar-refractivity contribution is -0.124. The van der Waals surface area contributed by atoms with Crippen molar-refractivity contribution in [1.29, 1.82) is 0 Å². The fourth-order valence-electron chi connectivity index (χ4n) is 1.80. The first kappa shape index (κ1) is 15.5. The minimum Gasteiger partial charge on any atom is -0.497 e. The molecule has 1 aromatic carbocycles. The fourth-order valence-corrected chi connectivity index (χ4v) is 1.80. The number of hydrogen-bond acceptors (Lipinski definition) is 3. The second kappa shape index (κ2) is 7.14. The van der Waals surface area contributed by atoms with Gasteiger partial charge in [-0.3, -0.25) is 4.79 Å². The maximum atomic E-state index is 12.0. The van der Waals surface area contributed by atoms with E-state index in [0.717, 1.165) is 17.7 Å². The topological polar surface area (TPSA) is 64.4 Å². The maximum Gasteiger partial charge on any atom is 0.237 e. The molecule has 0 fully saturated rings. The molecule has 0 aliphatic heterocycles. The Kier molecular flexibility index (Phi) is 5.83. The third kappa shape index (κ3) is 4.24. The van der Waals surface area contributed by atoms with Gasteiger partial charge in [0.2, 0.25) is 5.91 Å². The van der Waals surface area contributed by atoms with Gasteiger partial charge in [-0.2, -0.15) is 0 Å². The van der Waals surface area contributed by atoms with Gasteiger partial charge in [-0.1, -0.05) is 32.4 Å². The molecule has 106 valence electrons. The molecule has 0 spiro atoms. The zero-order chi connectivity index (χ0) is 14.4. The first-order valence-corrected chi connectivity index (χ1v) is 6.69. The van der Waals surface area contributed by atoms with E-state index in [-0.39, 0.29) is 17.9 Å². The van der Waals surface area contributed by atoms with Crippen LogP contribution in [0.25, 0.3) is 0 Å². The Balaban J connectivity index is 2.63. The second-order valence-electron chi connectivity index (χ2n) is 4.91. The zero-order valence-electron chi connectivity index (χ0n) is 12.1. The molecule has 19 heavy (non-hydrogen) atoms. The Hall–Kier alpha value is -1.55. The summed E-state index contributed by atoms with van der Waals surface area (Å²) >= 11 is 0. The van der Waals surface area contributed by atoms with Crippen molar-refractivity contribution < 1.29 is 9.53 Å². The highest BCUT2D eigenvalue weighted by Crippen LogP contribution is 2.17. The Morgan fingerprint density at radius 3 is 2.37 bits per heavy atom. The molecule has 4 nitrogen and oxygen atoms in total. The van der Waals surface area contributed by atoms with Crippen molar-refractivity contribution in [2.45, 2.75) is 39.3 Å². The number of ether oxygens (including phenoxy) is 1. The molecule has 0 heterocycles. The van der Waals surface area contributed by atoms with Gasteiger partial charge in [0.25, 0.3) is 0 Å². The molecular weight excluding hydrogens is 240 g/mol. The van der Waals surface area contributed by atoms with Crippen molar-refractivity contribution in [3.05, 3.63) is 29.8 Å². The van der Waals surface area contributed by atoms with Gasteiger partial charge in [-0.15, -0.1) is 0 Å². The number of nitrogens with two attached hydrogens (primary N) is 1. The van der Waals surface area contributed by atoms with Crippen LogP contribution in [0.3, 0.4) is 0 Å². The van der Waals surface area contributed by atoms with Crippen LogP contribution in [0.5, 0.6) is 5.75 Å². The van der Waals surface area contributed by atoms with Crippen molar-refractivity contribution in [2.24, 2.45) is 11.7 Å². The predicted molar refractivity (Wildman–Crippen MR) is 77.0 cm³/mol. The molecule has 0 aliphatic rings. The van der Waals surface area contributed by atoms with E-state index < -0.39 is 6.04 Å². The van der Waals surface area contributed by atoms with Gasteiger partial charge in [0.1, 0.15) is 5.75 Å². The van der Waals surface area contributed by atoms with Gasteiger partial charge in [0, 0.05) is 0 Å². The lowest BCUT2D eigenvalue weighted by Crippen LogP contribution is -2.45. The summed E-state index contributed by atoms with van der Waals surface area (Å²) in [6.45, 7) is 5.97. The molecular formula is C15H24N2O2. The number of carbonyl (C=O) groups is 1. The minimum atomic E-state index is -0.453. The molecule has 0 saturated heterocycles. The van der Waals surface area contributed by atoms with Crippen LogP contribution in [0.1, 0.15) is 38.8 Å². The Bertz CT molecular complexity index is 403. The Labute approximate surface area is 115 Å². The quantitative estimate of drug-likeness (QED) is 0.828. The number of nitrogens with one attached hydrogen (secondary N) is 1. The molecule has 1 amide bonds. The lowest BCUT2D eigenvalue weighted by Gasteiger charge is -2.21. The normalized spacial score (nSPS) is 15.4. The molecule has 3 atom stereocenters. The van der Waals surface area contributed by atoms with E-state index in [1.165, 1.54) is 0 Å². The number of rotatable bonds is 6. The van der Waals surface area contributed by atoms with E-state index in [4.69, 9.17) is 10.5 Å². The van der Waals surface area contributed by atoms with E-state index in [2.05, 4.69) is 5.32 Å². The molecule has 4 heteroatoms. The monoisotopic (exact) mass is 264 g/mol. The van der Waals surface area contributed by atoms with Crippen molar-refractivity contribution in [2.75, 3.05) is 7.11 Å². The van der Waals surface area contributed by atoms with Crippen LogP contribution in [0.4, 0.5) is 0 Å². The van der Waals surface area contributed by atoms with Crippen molar-refractivity contribution in [3.63, 3.8) is 0 Å². The number of hydrogen-bond donors (Lipinski definition) is 2. The highest BCUT2D eigenvalue weighted by molar-refractivity contribution is 5.82. The van der Waals surface area contributed by atoms with Crippen LogP contribution in [-0.2, 0) is 4.79 Å². The summed E-state index contributed by atoms with van der Waals surface area (Å²) in [7, 11) is 1.63. The SMILES string of the molecule is CCC(C)C(N)C(=O)N[C@H](C)c1ccc(OC)cc1. The summed E-state index contributed by atoms with van der Waals surface area (Å²) in [4.78, 5) is 12.0. The summed E-state index contributed by atoms with van der Waals surface area (Å²) in [5.74, 6) is 0.888. The van der Waals surface area contributed by atoms with Crippen molar-refractivity contribution in [3.8, 4) is 5.75 Å². The summed E-state index contributed by atoms with van der Waals surface area (Å²) in [5.41, 5.74) is 6.94. The molecule has 0 aliphatic carbocycles. The smallest absolute Gasteiger partial charge is 0.237 e. The van der Waals surface area contributed by atoms with Gasteiger partial charge in [-0.05, 0) is 30.5 Å². The lowest BCUT2D eigenvalue weighted by atomic mass is 9.98. The number of amides is 1. The van der Waals surface area contributed by atoms with E-state index >= 15 is 0 Å². The predicted octanol–water partition coefficient (Wildman–Crippen LogP) is 2.25. The minimum absolute atomic E-state index is 0.0616. The molecule has 1 rings (SSSR count). The summed E-state index contributed by atoms with van der Waals surface area (Å²) in [5, 5.41) is 2.94. The first-order valence-electron chi connectivity index (χ1n) is 6.69. The summed E-state index contributed by atoms with van der Waals surface area (Å²) in [6.07, 6.45) is 0.894. The van der Waals surface area contributed by atoms with Crippen molar-refractivity contribution in [1.82, 2.24) is 5.32 Å². The molecule has 0 bridgehead atoms. The number of methoxy groups -OCH3 is 1. The number of benzene rings is 1. The standard InChI is InChI=1S/C15H24N2O2/c1-5-10(2)14(16)15(18)17-11(3)12-6-8-13(19-4)9-7-12/h6-11,14H,5,16H2,1-4H3,(H,17,18)/t10?,11-,14?/m1/s1. The van der Waals surface area contributed by atoms with E-state index in [9.17, 15) is 4.79 Å². The average molecular weight is 264 g/mol. The van der Waals surface area contributed by atoms with Crippen LogP contribution >= 0.6 is 0 Å². The van der Waals surface area contributed by atoms with E-state index in [0.29, 0.717) is 0 Å². The highest BCUT2D eigenvalue weighted by atomic mass is 16.5. The largest absolute Gasteiger partial charge is 0.497 e. The highest BCUT2D eigenvalue weighted by Gasteiger charge is 2.21. The van der Waals surface area contributed by atoms with Crippen LogP contribution in [0.15, 0.2) is 24.3 Å². The first-order chi connectivity index (χ1) is 8.99. The fraction of sp³-hybridized carbons (Fsp3) is 0.533. The Morgan fingerprint density at radius 2 is 1.89 bits per heavy atom. The van der Waals surface area contributed by atoms with Gasteiger partial charge < -0.3 is 15.8 Å². The third-order valence-electron chi connectivity index (χ3n) is 3.53. The zero-order valence-corrected chi connectivity index (χ0v) is 12.1. The average Bonchev–Trinajstić information content (AvgIpc) is 2.45. The molecule has 1 aromatic rings. The molecule has 3 N–H and O–H groups in total. The van der Waals surface area contributed by atoms with Gasteiger partial charge in [0.05, 0.1) is 19.2 Å². The third-order valence-corrected chi connectivity index (χ3v) is 3.53. The summed E-state index contributed by atoms with van der Waals surface area (Å²) < 4.78 is 5.11. The molecule has 2 unspecified atom stereocenters. The van der Waals surface area contributed by atoms with Crippen LogP contribution < -0.4 is 15.8 Å². The maximum absolute atomic E-state index is 12.0. The van der Waals surface area contributed by atoms with Gasteiger partial charge in [-0.25, -0.2) is 0 Å². The van der Waals surface area contributed by atoms with Crippen LogP contribution in [0, 0.1) is 5.92 Å². The van der Waals surface area contributed by atoms with Crippen LogP contribution in [-0.4, -0.2) is 19.1 Å². The second-order valence-corrected chi connectivity index (χ2v) is 4.91. The molecule has 0 aromatic heterocycles. The Morgan fingerprint density at radius 1 is 1.32 bits per heavy atom. The summed E-state index contributed by atoms with van der Waals surface area (Å²) in [6, 6.07) is 7.13. The van der Waals surface area contributed by atoms with Crippen molar-refractivity contribution >= 4 is 5.91 Å².